The smallest absolute Gasteiger partial charge is 0.226 e. The van der Waals surface area contributed by atoms with E-state index in [1.807, 2.05) is 23.1 Å². The van der Waals surface area contributed by atoms with Crippen LogP contribution in [0, 0.1) is 0 Å². The third kappa shape index (κ3) is 8.37. The van der Waals surface area contributed by atoms with Gasteiger partial charge in [-0.2, -0.15) is 0 Å². The minimum absolute atomic E-state index is 0.000452. The summed E-state index contributed by atoms with van der Waals surface area (Å²) in [5.74, 6) is 2.16. The van der Waals surface area contributed by atoms with Gasteiger partial charge >= 0.3 is 0 Å². The molecule has 1 N–H and O–H groups in total. The minimum Gasteiger partial charge on any atom is -0.444 e. The van der Waals surface area contributed by atoms with Gasteiger partial charge < -0.3 is 14.6 Å². The number of nitrogens with one attached hydrogen (secondary N) is 1. The molecular formula is C26H34N6O3S2. The van der Waals surface area contributed by atoms with Crippen molar-refractivity contribution in [3.63, 3.8) is 0 Å². The molecule has 0 spiro atoms. The van der Waals surface area contributed by atoms with Crippen molar-refractivity contribution in [3.05, 3.63) is 53.7 Å². The number of hydrogen-bond acceptors (Lipinski definition) is 9. The molecule has 37 heavy (non-hydrogen) atoms. The van der Waals surface area contributed by atoms with Crippen molar-refractivity contribution >= 4 is 40.0 Å². The Bertz CT molecular complexity index is 1170. The van der Waals surface area contributed by atoms with Crippen molar-refractivity contribution in [1.29, 1.82) is 0 Å². The number of aromatic nitrogens is 3. The zero-order valence-corrected chi connectivity index (χ0v) is 23.2. The summed E-state index contributed by atoms with van der Waals surface area (Å²) in [7, 11) is 0. The van der Waals surface area contributed by atoms with Crippen LogP contribution in [0.1, 0.15) is 57.2 Å². The molecule has 3 aromatic rings. The maximum absolute atomic E-state index is 12.8. The van der Waals surface area contributed by atoms with Gasteiger partial charge in [-0.05, 0) is 12.0 Å². The molecule has 1 aromatic carbocycles. The quantitative estimate of drug-likeness (QED) is 0.310. The Balaban J connectivity index is 1.17. The van der Waals surface area contributed by atoms with Crippen molar-refractivity contribution < 1.29 is 14.0 Å². The van der Waals surface area contributed by atoms with E-state index in [2.05, 4.69) is 58.3 Å². The van der Waals surface area contributed by atoms with Gasteiger partial charge in [0.05, 0.1) is 12.7 Å². The Labute approximate surface area is 226 Å². The lowest BCUT2D eigenvalue weighted by atomic mass is 9.94. The summed E-state index contributed by atoms with van der Waals surface area (Å²) >= 11 is 2.93. The van der Waals surface area contributed by atoms with Crippen LogP contribution >= 0.6 is 23.1 Å². The fraction of sp³-hybridized carbons (Fsp3) is 0.500. The van der Waals surface area contributed by atoms with Gasteiger partial charge in [0.15, 0.2) is 4.34 Å². The SMILES string of the molecule is CC(C)(C)c1cnc(CN2CCCN(C(=O)CCC(=O)Nc3nnc(SCc4ccccc4)s3)CC2)o1. The monoisotopic (exact) mass is 542 g/mol. The van der Waals surface area contributed by atoms with Crippen molar-refractivity contribution in [1.82, 2.24) is 25.0 Å². The molecule has 9 nitrogen and oxygen atoms in total. The number of oxazole rings is 1. The van der Waals surface area contributed by atoms with E-state index in [-0.39, 0.29) is 30.1 Å². The minimum atomic E-state index is -0.223. The number of rotatable bonds is 9. The second-order valence-corrected chi connectivity index (χ2v) is 12.3. The lowest BCUT2D eigenvalue weighted by Crippen LogP contribution is -2.35. The molecule has 198 valence electrons. The third-order valence-corrected chi connectivity index (χ3v) is 8.06. The van der Waals surface area contributed by atoms with Gasteiger partial charge in [-0.3, -0.25) is 14.5 Å². The molecule has 2 amide bonds. The van der Waals surface area contributed by atoms with Crippen molar-refractivity contribution in [2.75, 3.05) is 31.5 Å². The lowest BCUT2D eigenvalue weighted by molar-refractivity contribution is -0.132. The molecule has 0 aliphatic carbocycles. The van der Waals surface area contributed by atoms with Crippen LogP contribution < -0.4 is 5.32 Å². The Kier molecular flexibility index (Phi) is 9.33. The Morgan fingerprint density at radius 1 is 1.08 bits per heavy atom. The van der Waals surface area contributed by atoms with E-state index < -0.39 is 0 Å². The van der Waals surface area contributed by atoms with E-state index in [9.17, 15) is 9.59 Å². The summed E-state index contributed by atoms with van der Waals surface area (Å²) in [4.78, 5) is 33.7. The van der Waals surface area contributed by atoms with Gasteiger partial charge in [0, 0.05) is 50.2 Å². The number of benzene rings is 1. The van der Waals surface area contributed by atoms with Crippen LogP contribution in [0.2, 0.25) is 0 Å². The number of anilines is 1. The second-order valence-electron chi connectivity index (χ2n) is 10.1. The van der Waals surface area contributed by atoms with Gasteiger partial charge in [-0.1, -0.05) is 74.2 Å². The Hall–Kier alpha value is -2.76. The first-order valence-electron chi connectivity index (χ1n) is 12.5. The molecular weight excluding hydrogens is 508 g/mol. The first-order valence-corrected chi connectivity index (χ1v) is 14.3. The maximum Gasteiger partial charge on any atom is 0.226 e. The molecule has 0 atom stereocenters. The molecule has 4 rings (SSSR count). The lowest BCUT2D eigenvalue weighted by Gasteiger charge is -2.21. The number of thioether (sulfide) groups is 1. The van der Waals surface area contributed by atoms with Gasteiger partial charge in [0.2, 0.25) is 22.8 Å². The molecule has 11 heteroatoms. The van der Waals surface area contributed by atoms with Gasteiger partial charge in [-0.25, -0.2) is 4.98 Å². The Morgan fingerprint density at radius 3 is 2.65 bits per heavy atom. The molecule has 2 aromatic heterocycles. The van der Waals surface area contributed by atoms with Gasteiger partial charge in [-0.15, -0.1) is 10.2 Å². The summed E-state index contributed by atoms with van der Waals surface area (Å²) in [6.07, 6.45) is 2.98. The van der Waals surface area contributed by atoms with Crippen molar-refractivity contribution in [3.8, 4) is 0 Å². The van der Waals surface area contributed by atoms with Crippen molar-refractivity contribution in [2.24, 2.45) is 0 Å². The van der Waals surface area contributed by atoms with E-state index in [0.717, 1.165) is 35.4 Å². The largest absolute Gasteiger partial charge is 0.444 e. The van der Waals surface area contributed by atoms with Crippen LogP contribution in [0.4, 0.5) is 5.13 Å². The number of hydrogen-bond donors (Lipinski definition) is 1. The topological polar surface area (TPSA) is 104 Å². The summed E-state index contributed by atoms with van der Waals surface area (Å²) in [6, 6.07) is 10.1. The van der Waals surface area contributed by atoms with E-state index >= 15 is 0 Å². The summed E-state index contributed by atoms with van der Waals surface area (Å²) < 4.78 is 6.72. The summed E-state index contributed by atoms with van der Waals surface area (Å²) in [5, 5.41) is 11.4. The van der Waals surface area contributed by atoms with Crippen LogP contribution in [-0.2, 0) is 27.3 Å². The van der Waals surface area contributed by atoms with Crippen LogP contribution in [0.3, 0.4) is 0 Å². The standard InChI is InChI=1S/C26H34N6O3S2/c1-26(2,3)20-16-27-22(35-20)17-31-12-7-13-32(15-14-31)23(34)11-10-21(33)28-24-29-30-25(37-24)36-18-19-8-5-4-6-9-19/h4-6,8-9,16H,7,10-15,17-18H2,1-3H3,(H,28,29,33). The average Bonchev–Trinajstić information content (AvgIpc) is 3.47. The highest BCUT2D eigenvalue weighted by Crippen LogP contribution is 2.28. The summed E-state index contributed by atoms with van der Waals surface area (Å²) in [6.45, 7) is 9.88. The predicted octanol–water partition coefficient (Wildman–Crippen LogP) is 4.57. The molecule has 0 unspecified atom stereocenters. The van der Waals surface area contributed by atoms with Crippen LogP contribution in [-0.4, -0.2) is 63.0 Å². The molecule has 1 aliphatic heterocycles. The highest BCUT2D eigenvalue weighted by Gasteiger charge is 2.23. The number of amides is 2. The van der Waals surface area contributed by atoms with E-state index in [1.54, 1.807) is 18.0 Å². The molecule has 1 aliphatic rings. The van der Waals surface area contributed by atoms with E-state index in [1.165, 1.54) is 16.9 Å². The molecule has 0 saturated carbocycles. The van der Waals surface area contributed by atoms with Gasteiger partial charge in [0.1, 0.15) is 5.76 Å². The van der Waals surface area contributed by atoms with Crippen LogP contribution in [0.15, 0.2) is 45.3 Å². The number of carbonyl (C=O) groups excluding carboxylic acids is 2. The van der Waals surface area contributed by atoms with Crippen molar-refractivity contribution in [2.45, 2.75) is 62.1 Å². The van der Waals surface area contributed by atoms with E-state index in [4.69, 9.17) is 4.42 Å². The molecule has 3 heterocycles. The summed E-state index contributed by atoms with van der Waals surface area (Å²) in [5.41, 5.74) is 1.13. The Morgan fingerprint density at radius 2 is 1.89 bits per heavy atom. The maximum atomic E-state index is 12.8. The van der Waals surface area contributed by atoms with Crippen LogP contribution in [0.25, 0.3) is 0 Å². The fourth-order valence-electron chi connectivity index (χ4n) is 3.90. The second kappa shape index (κ2) is 12.7. The predicted molar refractivity (Wildman–Crippen MR) is 145 cm³/mol. The number of nitrogens with zero attached hydrogens (tertiary/aromatic N) is 5. The zero-order valence-electron chi connectivity index (χ0n) is 21.6. The van der Waals surface area contributed by atoms with E-state index in [0.29, 0.717) is 30.7 Å². The number of carbonyl (C=O) groups is 2. The average molecular weight is 543 g/mol. The normalized spacial score (nSPS) is 14.9. The third-order valence-electron chi connectivity index (χ3n) is 6.02. The van der Waals surface area contributed by atoms with Crippen LogP contribution in [0.5, 0.6) is 0 Å². The molecule has 1 saturated heterocycles. The first-order chi connectivity index (χ1) is 17.8. The fourth-order valence-corrected chi connectivity index (χ4v) is 5.62. The highest BCUT2D eigenvalue weighted by atomic mass is 32.2. The highest BCUT2D eigenvalue weighted by molar-refractivity contribution is 8.00. The zero-order chi connectivity index (χ0) is 26.3. The first kappa shape index (κ1) is 27.3. The molecule has 1 fully saturated rings. The molecule has 0 bridgehead atoms. The molecule has 0 radical (unpaired) electrons. The van der Waals surface area contributed by atoms with Gasteiger partial charge in [0.25, 0.3) is 0 Å².